The summed E-state index contributed by atoms with van der Waals surface area (Å²) in [5.74, 6) is -0.269. The van der Waals surface area contributed by atoms with Crippen LogP contribution in [-0.4, -0.2) is 67.8 Å². The molecule has 0 atom stereocenters. The molecule has 1 aliphatic carbocycles. The molecule has 2 N–H and O–H groups in total. The summed E-state index contributed by atoms with van der Waals surface area (Å²) in [6, 6.07) is 4.96. The first kappa shape index (κ1) is 25.5. The number of carbonyl (C=O) groups is 2. The maximum absolute atomic E-state index is 13.0. The molecule has 0 aromatic heterocycles. The Morgan fingerprint density at radius 3 is 2.18 bits per heavy atom. The van der Waals surface area contributed by atoms with Gasteiger partial charge in [0.2, 0.25) is 10.0 Å². The van der Waals surface area contributed by atoms with Crippen LogP contribution in [0, 0.1) is 6.92 Å². The molecule has 0 radical (unpaired) electrons. The third kappa shape index (κ3) is 6.26. The molecule has 1 saturated heterocycles. The normalized spacial score (nSPS) is 18.4. The highest BCUT2D eigenvalue weighted by Gasteiger charge is 2.27. The first-order valence-electron chi connectivity index (χ1n) is 12.2. The summed E-state index contributed by atoms with van der Waals surface area (Å²) >= 11 is 0. The number of amides is 3. The summed E-state index contributed by atoms with van der Waals surface area (Å²) in [6.45, 7) is 7.34. The van der Waals surface area contributed by atoms with Gasteiger partial charge in [0.25, 0.3) is 5.91 Å². The number of piperidine rings is 1. The second-order valence-electron chi connectivity index (χ2n) is 9.09. The Kier molecular flexibility index (Phi) is 8.75. The van der Waals surface area contributed by atoms with Crippen LogP contribution in [0.15, 0.2) is 23.1 Å². The van der Waals surface area contributed by atoms with E-state index in [1.165, 1.54) is 29.6 Å². The molecule has 3 rings (SSSR count). The predicted octanol–water partition coefficient (Wildman–Crippen LogP) is 3.26. The van der Waals surface area contributed by atoms with Crippen LogP contribution in [0.3, 0.4) is 0 Å². The Balaban J connectivity index is 1.58. The first-order chi connectivity index (χ1) is 15.8. The number of urea groups is 1. The smallest absolute Gasteiger partial charge is 0.317 e. The number of nitrogens with zero attached hydrogens (tertiary/aromatic N) is 2. The van der Waals surface area contributed by atoms with E-state index in [0.29, 0.717) is 44.6 Å². The van der Waals surface area contributed by atoms with Gasteiger partial charge in [-0.1, -0.05) is 39.2 Å². The van der Waals surface area contributed by atoms with E-state index in [1.807, 2.05) is 4.90 Å². The van der Waals surface area contributed by atoms with Crippen molar-refractivity contribution in [2.24, 2.45) is 0 Å². The molecular weight excluding hydrogens is 440 g/mol. The van der Waals surface area contributed by atoms with Gasteiger partial charge in [0.15, 0.2) is 0 Å². The molecule has 2 aliphatic rings. The summed E-state index contributed by atoms with van der Waals surface area (Å²) in [6.07, 6.45) is 7.08. The van der Waals surface area contributed by atoms with Crippen molar-refractivity contribution in [2.45, 2.75) is 82.7 Å². The van der Waals surface area contributed by atoms with Gasteiger partial charge in [-0.25, -0.2) is 13.2 Å². The fourth-order valence-corrected chi connectivity index (χ4v) is 6.21. The van der Waals surface area contributed by atoms with Crippen molar-refractivity contribution in [3.05, 3.63) is 29.3 Å². The lowest BCUT2D eigenvalue weighted by Crippen LogP contribution is -2.51. The van der Waals surface area contributed by atoms with Crippen molar-refractivity contribution < 1.29 is 18.0 Å². The molecule has 2 fully saturated rings. The van der Waals surface area contributed by atoms with E-state index in [9.17, 15) is 18.0 Å². The SMILES string of the molecule is CCN(CC)S(=O)(=O)c1ccc(C)c(C(=O)NC2CCN(C(=O)NC3CCCCC3)CC2)c1. The van der Waals surface area contributed by atoms with Crippen LogP contribution in [0.4, 0.5) is 4.79 Å². The second kappa shape index (κ2) is 11.3. The standard InChI is InChI=1S/C24H38N4O4S/c1-4-28(5-2)33(31,32)21-12-11-18(3)22(17-21)23(29)25-20-13-15-27(16-14-20)24(30)26-19-9-7-6-8-10-19/h11-12,17,19-20H,4-10,13-16H2,1-3H3,(H,25,29)(H,26,30). The fraction of sp³-hybridized carbons (Fsp3) is 0.667. The number of aryl methyl sites for hydroxylation is 1. The molecule has 8 nitrogen and oxygen atoms in total. The zero-order valence-corrected chi connectivity index (χ0v) is 20.9. The summed E-state index contributed by atoms with van der Waals surface area (Å²) in [5, 5.41) is 6.20. The van der Waals surface area contributed by atoms with Crippen molar-refractivity contribution in [3.63, 3.8) is 0 Å². The maximum Gasteiger partial charge on any atom is 0.317 e. The number of rotatable bonds is 7. The summed E-state index contributed by atoms with van der Waals surface area (Å²) in [7, 11) is -3.63. The molecule has 9 heteroatoms. The second-order valence-corrected chi connectivity index (χ2v) is 11.0. The zero-order valence-electron chi connectivity index (χ0n) is 20.1. The topological polar surface area (TPSA) is 98.8 Å². The van der Waals surface area contributed by atoms with Crippen molar-refractivity contribution in [1.29, 1.82) is 0 Å². The number of likely N-dealkylation sites (tertiary alicyclic amines) is 1. The average molecular weight is 479 g/mol. The van der Waals surface area contributed by atoms with E-state index in [1.54, 1.807) is 32.9 Å². The van der Waals surface area contributed by atoms with E-state index < -0.39 is 10.0 Å². The fourth-order valence-electron chi connectivity index (χ4n) is 4.72. The maximum atomic E-state index is 13.0. The minimum atomic E-state index is -3.63. The van der Waals surface area contributed by atoms with Crippen molar-refractivity contribution in [1.82, 2.24) is 19.8 Å². The number of sulfonamides is 1. The van der Waals surface area contributed by atoms with Crippen LogP contribution in [0.1, 0.15) is 74.7 Å². The summed E-state index contributed by atoms with van der Waals surface area (Å²) in [5.41, 5.74) is 1.11. The van der Waals surface area contributed by atoms with Gasteiger partial charge in [-0.2, -0.15) is 4.31 Å². The van der Waals surface area contributed by atoms with Gasteiger partial charge in [0.1, 0.15) is 0 Å². The van der Waals surface area contributed by atoms with Gasteiger partial charge >= 0.3 is 6.03 Å². The Hall–Kier alpha value is -2.13. The lowest BCUT2D eigenvalue weighted by atomic mass is 9.95. The Morgan fingerprint density at radius 2 is 1.58 bits per heavy atom. The molecule has 1 saturated carbocycles. The van der Waals surface area contributed by atoms with E-state index in [2.05, 4.69) is 10.6 Å². The molecular formula is C24H38N4O4S. The van der Waals surface area contributed by atoms with Gasteiger partial charge in [0, 0.05) is 43.8 Å². The highest BCUT2D eigenvalue weighted by atomic mass is 32.2. The predicted molar refractivity (Wildman–Crippen MR) is 129 cm³/mol. The molecule has 1 heterocycles. The molecule has 184 valence electrons. The number of benzene rings is 1. The van der Waals surface area contributed by atoms with E-state index >= 15 is 0 Å². The number of carbonyl (C=O) groups excluding carboxylic acids is 2. The minimum absolute atomic E-state index is 0.00293. The van der Waals surface area contributed by atoms with E-state index in [-0.39, 0.29) is 28.9 Å². The summed E-state index contributed by atoms with van der Waals surface area (Å²) in [4.78, 5) is 27.5. The van der Waals surface area contributed by atoms with Crippen molar-refractivity contribution in [3.8, 4) is 0 Å². The summed E-state index contributed by atoms with van der Waals surface area (Å²) < 4.78 is 27.1. The Bertz CT molecular complexity index is 932. The molecule has 33 heavy (non-hydrogen) atoms. The highest BCUT2D eigenvalue weighted by Crippen LogP contribution is 2.21. The number of nitrogens with one attached hydrogen (secondary N) is 2. The van der Waals surface area contributed by atoms with Gasteiger partial charge in [-0.3, -0.25) is 4.79 Å². The highest BCUT2D eigenvalue weighted by molar-refractivity contribution is 7.89. The van der Waals surface area contributed by atoms with Crippen molar-refractivity contribution >= 4 is 22.0 Å². The van der Waals surface area contributed by atoms with Crippen LogP contribution < -0.4 is 10.6 Å². The minimum Gasteiger partial charge on any atom is -0.349 e. The van der Waals surface area contributed by atoms with Crippen LogP contribution in [0.5, 0.6) is 0 Å². The van der Waals surface area contributed by atoms with E-state index in [0.717, 1.165) is 18.4 Å². The largest absolute Gasteiger partial charge is 0.349 e. The lowest BCUT2D eigenvalue weighted by Gasteiger charge is -2.34. The average Bonchev–Trinajstić information content (AvgIpc) is 2.81. The molecule has 1 aliphatic heterocycles. The van der Waals surface area contributed by atoms with Gasteiger partial charge < -0.3 is 15.5 Å². The monoisotopic (exact) mass is 478 g/mol. The quantitative estimate of drug-likeness (QED) is 0.628. The molecule has 1 aromatic carbocycles. The zero-order chi connectivity index (χ0) is 24.0. The molecule has 0 bridgehead atoms. The molecule has 0 unspecified atom stereocenters. The third-order valence-electron chi connectivity index (χ3n) is 6.85. The van der Waals surface area contributed by atoms with Gasteiger partial charge in [-0.15, -0.1) is 0 Å². The Labute approximate surface area is 198 Å². The van der Waals surface area contributed by atoms with Crippen LogP contribution in [0.25, 0.3) is 0 Å². The van der Waals surface area contributed by atoms with Gasteiger partial charge in [0.05, 0.1) is 4.90 Å². The third-order valence-corrected chi connectivity index (χ3v) is 8.89. The van der Waals surface area contributed by atoms with E-state index in [4.69, 9.17) is 0 Å². The lowest BCUT2D eigenvalue weighted by molar-refractivity contribution is 0.0916. The number of hydrogen-bond donors (Lipinski definition) is 2. The Morgan fingerprint density at radius 1 is 0.970 bits per heavy atom. The molecule has 0 spiro atoms. The van der Waals surface area contributed by atoms with Crippen LogP contribution in [-0.2, 0) is 10.0 Å². The molecule has 1 aromatic rings. The van der Waals surface area contributed by atoms with Crippen molar-refractivity contribution in [2.75, 3.05) is 26.2 Å². The van der Waals surface area contributed by atoms with Crippen LogP contribution >= 0.6 is 0 Å². The van der Waals surface area contributed by atoms with Crippen LogP contribution in [0.2, 0.25) is 0 Å². The first-order valence-corrected chi connectivity index (χ1v) is 13.7. The van der Waals surface area contributed by atoms with Gasteiger partial charge in [-0.05, 0) is 50.3 Å². The molecule has 3 amide bonds. The number of hydrogen-bond acceptors (Lipinski definition) is 4.